The molecule has 0 saturated heterocycles. The van der Waals surface area contributed by atoms with Crippen LogP contribution < -0.4 is 10.7 Å². The molecule has 146 valence electrons. The number of aromatic nitrogens is 1. The highest BCUT2D eigenvalue weighted by atomic mass is 16.2. The second kappa shape index (κ2) is 7.48. The van der Waals surface area contributed by atoms with E-state index in [1.807, 2.05) is 71.3 Å². The van der Waals surface area contributed by atoms with Crippen LogP contribution in [0.2, 0.25) is 0 Å². The van der Waals surface area contributed by atoms with Gasteiger partial charge in [-0.25, -0.2) is 0 Å². The van der Waals surface area contributed by atoms with Crippen LogP contribution >= 0.6 is 0 Å². The van der Waals surface area contributed by atoms with Crippen LogP contribution in [0.3, 0.4) is 0 Å². The Morgan fingerprint density at radius 3 is 2.03 bits per heavy atom. The molecule has 1 N–H and O–H groups in total. The number of para-hydroxylation sites is 2. The zero-order valence-corrected chi connectivity index (χ0v) is 16.3. The van der Waals surface area contributed by atoms with Crippen LogP contribution in [0.25, 0.3) is 32.6 Å². The number of amides is 1. The Morgan fingerprint density at radius 1 is 0.733 bits per heavy atom. The van der Waals surface area contributed by atoms with Crippen LogP contribution in [0.5, 0.6) is 0 Å². The van der Waals surface area contributed by atoms with Gasteiger partial charge in [0.2, 0.25) is 5.91 Å². The van der Waals surface area contributed by atoms with Crippen LogP contribution in [0.4, 0.5) is 0 Å². The number of rotatable bonds is 4. The molecule has 0 aliphatic carbocycles. The zero-order chi connectivity index (χ0) is 20.5. The van der Waals surface area contributed by atoms with Gasteiger partial charge >= 0.3 is 0 Å². The normalized spacial score (nSPS) is 11.2. The topological polar surface area (TPSA) is 51.1 Å². The first-order valence-electron chi connectivity index (χ1n) is 9.95. The number of carbonyl (C=O) groups excluding carboxylic acids is 1. The second-order valence-corrected chi connectivity index (χ2v) is 7.41. The van der Waals surface area contributed by atoms with Gasteiger partial charge in [-0.15, -0.1) is 0 Å². The first-order valence-corrected chi connectivity index (χ1v) is 9.95. The van der Waals surface area contributed by atoms with E-state index in [0.29, 0.717) is 17.3 Å². The monoisotopic (exact) mass is 392 g/mol. The van der Waals surface area contributed by atoms with E-state index < -0.39 is 0 Å². The fraction of sp³-hybridized carbons (Fsp3) is 0.0769. The van der Waals surface area contributed by atoms with Crippen LogP contribution in [0.15, 0.2) is 95.8 Å². The van der Waals surface area contributed by atoms with E-state index in [2.05, 4.69) is 29.6 Å². The van der Waals surface area contributed by atoms with Crippen LogP contribution in [-0.4, -0.2) is 10.5 Å². The molecule has 1 aromatic heterocycles. The lowest BCUT2D eigenvalue weighted by molar-refractivity contribution is -0.121. The Kier molecular flexibility index (Phi) is 4.52. The Balaban J connectivity index is 1.45. The summed E-state index contributed by atoms with van der Waals surface area (Å²) in [5.41, 5.74) is 2.58. The summed E-state index contributed by atoms with van der Waals surface area (Å²) in [6, 6.07) is 29.3. The molecule has 0 spiro atoms. The molecule has 0 saturated carbocycles. The number of carbonyl (C=O) groups is 1. The number of nitrogens with zero attached hydrogens (tertiary/aromatic N) is 1. The summed E-state index contributed by atoms with van der Waals surface area (Å²) in [4.78, 5) is 25.6. The minimum absolute atomic E-state index is 0.00554. The van der Waals surface area contributed by atoms with E-state index in [9.17, 15) is 9.59 Å². The standard InChI is InChI=1S/C26H20N2O2/c29-25(27-16-18-13-14-19-7-1-2-8-20(19)15-18)17-28-23-11-5-3-9-21(23)26(30)22-10-4-6-12-24(22)28/h1-15H,16-17H2,(H,27,29). The molecule has 5 aromatic rings. The van der Waals surface area contributed by atoms with E-state index >= 15 is 0 Å². The number of benzene rings is 4. The molecule has 0 aliphatic heterocycles. The van der Waals surface area contributed by atoms with E-state index in [0.717, 1.165) is 22.0 Å². The summed E-state index contributed by atoms with van der Waals surface area (Å²) >= 11 is 0. The second-order valence-electron chi connectivity index (χ2n) is 7.41. The van der Waals surface area contributed by atoms with Crippen LogP contribution in [-0.2, 0) is 17.9 Å². The molecule has 0 bridgehead atoms. The zero-order valence-electron chi connectivity index (χ0n) is 16.3. The Bertz CT molecular complexity index is 1410. The van der Waals surface area contributed by atoms with Gasteiger partial charge in [-0.3, -0.25) is 9.59 Å². The summed E-state index contributed by atoms with van der Waals surface area (Å²) in [5, 5.41) is 6.60. The highest BCUT2D eigenvalue weighted by Gasteiger charge is 2.12. The van der Waals surface area contributed by atoms with Crippen LogP contribution in [0.1, 0.15) is 5.56 Å². The van der Waals surface area contributed by atoms with E-state index in [-0.39, 0.29) is 17.9 Å². The molecule has 4 nitrogen and oxygen atoms in total. The van der Waals surface area contributed by atoms with Crippen molar-refractivity contribution >= 4 is 38.5 Å². The highest BCUT2D eigenvalue weighted by molar-refractivity contribution is 5.95. The lowest BCUT2D eigenvalue weighted by Gasteiger charge is -2.15. The van der Waals surface area contributed by atoms with Gasteiger partial charge in [-0.1, -0.05) is 60.7 Å². The maximum atomic E-state index is 12.8. The van der Waals surface area contributed by atoms with Crippen molar-refractivity contribution in [3.05, 3.63) is 107 Å². The molecule has 0 aliphatic rings. The first-order chi connectivity index (χ1) is 14.7. The molecule has 4 aromatic carbocycles. The number of fused-ring (bicyclic) bond motifs is 3. The van der Waals surface area contributed by atoms with Crippen LogP contribution in [0, 0.1) is 0 Å². The fourth-order valence-corrected chi connectivity index (χ4v) is 4.00. The fourth-order valence-electron chi connectivity index (χ4n) is 4.00. The molecule has 0 unspecified atom stereocenters. The smallest absolute Gasteiger partial charge is 0.240 e. The van der Waals surface area contributed by atoms with Crippen molar-refractivity contribution in [2.45, 2.75) is 13.1 Å². The van der Waals surface area contributed by atoms with E-state index in [1.165, 1.54) is 5.39 Å². The van der Waals surface area contributed by atoms with Crippen molar-refractivity contribution in [2.24, 2.45) is 0 Å². The van der Waals surface area contributed by atoms with Gasteiger partial charge in [0.15, 0.2) is 5.43 Å². The Morgan fingerprint density at radius 2 is 1.33 bits per heavy atom. The highest BCUT2D eigenvalue weighted by Crippen LogP contribution is 2.19. The van der Waals surface area contributed by atoms with Gasteiger partial charge in [-0.2, -0.15) is 0 Å². The lowest BCUT2D eigenvalue weighted by atomic mass is 10.1. The summed E-state index contributed by atoms with van der Waals surface area (Å²) in [5.74, 6) is -0.0953. The molecule has 4 heteroatoms. The number of nitrogens with one attached hydrogen (secondary N) is 1. The number of hydrogen-bond donors (Lipinski definition) is 1. The maximum Gasteiger partial charge on any atom is 0.240 e. The third-order valence-corrected chi connectivity index (χ3v) is 5.48. The summed E-state index contributed by atoms with van der Waals surface area (Å²) in [6.07, 6.45) is 0. The van der Waals surface area contributed by atoms with Gasteiger partial charge in [0.05, 0.1) is 11.0 Å². The van der Waals surface area contributed by atoms with Crippen molar-refractivity contribution in [2.75, 3.05) is 0 Å². The maximum absolute atomic E-state index is 12.8. The third-order valence-electron chi connectivity index (χ3n) is 5.48. The van der Waals surface area contributed by atoms with Crippen molar-refractivity contribution in [3.8, 4) is 0 Å². The number of hydrogen-bond acceptors (Lipinski definition) is 2. The Labute approximate surface area is 173 Å². The summed E-state index contributed by atoms with van der Waals surface area (Å²) in [6.45, 7) is 0.606. The minimum atomic E-state index is -0.0953. The summed E-state index contributed by atoms with van der Waals surface area (Å²) in [7, 11) is 0. The average Bonchev–Trinajstić information content (AvgIpc) is 2.80. The molecule has 0 fully saturated rings. The van der Waals surface area contributed by atoms with E-state index in [1.54, 1.807) is 0 Å². The van der Waals surface area contributed by atoms with Gasteiger partial charge in [0.25, 0.3) is 0 Å². The first kappa shape index (κ1) is 18.1. The molecular weight excluding hydrogens is 372 g/mol. The van der Waals surface area contributed by atoms with Gasteiger partial charge in [-0.05, 0) is 46.7 Å². The SMILES string of the molecule is O=C(Cn1c2ccccc2c(=O)c2ccccc21)NCc1ccc2ccccc2c1. The number of pyridine rings is 1. The summed E-state index contributed by atoms with van der Waals surface area (Å²) < 4.78 is 1.92. The molecule has 1 amide bonds. The Hall–Kier alpha value is -3.92. The average molecular weight is 392 g/mol. The molecule has 5 rings (SSSR count). The minimum Gasteiger partial charge on any atom is -0.350 e. The predicted molar refractivity (Wildman–Crippen MR) is 122 cm³/mol. The van der Waals surface area contributed by atoms with Gasteiger partial charge < -0.3 is 9.88 Å². The van der Waals surface area contributed by atoms with Gasteiger partial charge in [0, 0.05) is 17.3 Å². The predicted octanol–water partition coefficient (Wildman–Crippen LogP) is 4.62. The quantitative estimate of drug-likeness (QED) is 0.454. The molecule has 1 heterocycles. The third kappa shape index (κ3) is 3.22. The van der Waals surface area contributed by atoms with Crippen molar-refractivity contribution in [1.29, 1.82) is 0 Å². The molecule has 30 heavy (non-hydrogen) atoms. The molecule has 0 atom stereocenters. The molecule has 0 radical (unpaired) electrons. The largest absolute Gasteiger partial charge is 0.350 e. The van der Waals surface area contributed by atoms with Crippen molar-refractivity contribution in [1.82, 2.24) is 9.88 Å². The van der Waals surface area contributed by atoms with Gasteiger partial charge in [0.1, 0.15) is 6.54 Å². The van der Waals surface area contributed by atoms with E-state index in [4.69, 9.17) is 0 Å². The molecular formula is C26H20N2O2. The van der Waals surface area contributed by atoms with Crippen molar-refractivity contribution < 1.29 is 4.79 Å². The lowest BCUT2D eigenvalue weighted by Crippen LogP contribution is -2.28. The van der Waals surface area contributed by atoms with Crippen molar-refractivity contribution in [3.63, 3.8) is 0 Å².